The summed E-state index contributed by atoms with van der Waals surface area (Å²) < 4.78 is 20.2. The zero-order valence-corrected chi connectivity index (χ0v) is 22.0. The molecule has 1 saturated heterocycles. The molecule has 3 aromatic rings. The Bertz CT molecular complexity index is 1280. The summed E-state index contributed by atoms with van der Waals surface area (Å²) in [6, 6.07) is 14.2. The summed E-state index contributed by atoms with van der Waals surface area (Å²) in [6.45, 7) is 0.249. The highest BCUT2D eigenvalue weighted by molar-refractivity contribution is 9.11. The Morgan fingerprint density at radius 3 is 2.27 bits per heavy atom. The van der Waals surface area contributed by atoms with Crippen molar-refractivity contribution in [3.63, 3.8) is 0 Å². The molecule has 0 bridgehead atoms. The van der Waals surface area contributed by atoms with Gasteiger partial charge in [-0.2, -0.15) is 0 Å². The topological polar surface area (TPSA) is 46.6 Å². The molecular weight excluding hydrogens is 620 g/mol. The molecule has 3 aromatic carbocycles. The molecular formula is C23H12Br2Cl2FNO3S. The minimum absolute atomic E-state index is 0.249. The molecule has 2 amide bonds. The fourth-order valence-electron chi connectivity index (χ4n) is 3.00. The predicted octanol–water partition coefficient (Wildman–Crippen LogP) is 8.48. The maximum atomic E-state index is 13.1. The molecule has 168 valence electrons. The largest absolute Gasteiger partial charge is 0.487 e. The number of halogens is 5. The molecule has 0 saturated carbocycles. The number of carbonyl (C=O) groups excluding carboxylic acids is 2. The van der Waals surface area contributed by atoms with Gasteiger partial charge in [-0.15, -0.1) is 0 Å². The maximum absolute atomic E-state index is 13.1. The summed E-state index contributed by atoms with van der Waals surface area (Å²) in [4.78, 5) is 26.7. The van der Waals surface area contributed by atoms with Gasteiger partial charge in [-0.25, -0.2) is 9.29 Å². The number of benzene rings is 3. The van der Waals surface area contributed by atoms with Gasteiger partial charge in [-0.05, 0) is 103 Å². The summed E-state index contributed by atoms with van der Waals surface area (Å²) in [5, 5.41) is 0.155. The Hall–Kier alpha value is -1.84. The molecule has 1 aliphatic heterocycles. The lowest BCUT2D eigenvalue weighted by molar-refractivity contribution is -0.113. The second-order valence-electron chi connectivity index (χ2n) is 6.84. The first-order valence-electron chi connectivity index (χ1n) is 9.32. The summed E-state index contributed by atoms with van der Waals surface area (Å²) in [5.41, 5.74) is 1.85. The van der Waals surface area contributed by atoms with Crippen LogP contribution < -0.4 is 9.64 Å². The van der Waals surface area contributed by atoms with Crippen molar-refractivity contribution in [1.82, 2.24) is 0 Å². The molecule has 0 N–H and O–H groups in total. The molecule has 1 heterocycles. The number of anilines is 1. The van der Waals surface area contributed by atoms with E-state index >= 15 is 0 Å². The Kier molecular flexibility index (Phi) is 7.50. The molecule has 4 rings (SSSR count). The van der Waals surface area contributed by atoms with Gasteiger partial charge < -0.3 is 4.74 Å². The number of nitrogens with zero attached hydrogens (tertiary/aromatic N) is 1. The highest BCUT2D eigenvalue weighted by atomic mass is 79.9. The van der Waals surface area contributed by atoms with Crippen LogP contribution in [-0.4, -0.2) is 11.1 Å². The molecule has 0 aromatic heterocycles. The second kappa shape index (κ2) is 10.2. The van der Waals surface area contributed by atoms with Crippen LogP contribution in [0.2, 0.25) is 10.0 Å². The van der Waals surface area contributed by atoms with Crippen molar-refractivity contribution < 1.29 is 18.7 Å². The number of rotatable bonds is 5. The fraction of sp³-hybridized carbons (Fsp3) is 0.0435. The van der Waals surface area contributed by atoms with Crippen molar-refractivity contribution in [2.24, 2.45) is 0 Å². The monoisotopic (exact) mass is 629 g/mol. The van der Waals surface area contributed by atoms with E-state index < -0.39 is 11.1 Å². The smallest absolute Gasteiger partial charge is 0.298 e. The van der Waals surface area contributed by atoms with Gasteiger partial charge in [-0.1, -0.05) is 35.3 Å². The maximum Gasteiger partial charge on any atom is 0.298 e. The first-order chi connectivity index (χ1) is 15.7. The molecule has 1 fully saturated rings. The van der Waals surface area contributed by atoms with E-state index in [0.29, 0.717) is 31.0 Å². The molecule has 4 nitrogen and oxygen atoms in total. The van der Waals surface area contributed by atoms with E-state index in [1.807, 2.05) is 0 Å². The van der Waals surface area contributed by atoms with E-state index in [1.165, 1.54) is 24.3 Å². The van der Waals surface area contributed by atoms with Crippen LogP contribution in [0.3, 0.4) is 0 Å². The standard InChI is InChI=1S/C23H12Br2Cl2FNO3S/c24-16-7-13(8-17(25)21(16)32-11-12-1-3-14(28)4-2-12)9-20-22(30)29(23(31)33-20)15-5-6-18(26)19(27)10-15/h1-10H,11H2/b20-9+. The van der Waals surface area contributed by atoms with E-state index in [2.05, 4.69) is 31.9 Å². The van der Waals surface area contributed by atoms with E-state index in [1.54, 1.807) is 36.4 Å². The first kappa shape index (κ1) is 24.3. The van der Waals surface area contributed by atoms with Crippen molar-refractivity contribution in [2.45, 2.75) is 6.61 Å². The minimum atomic E-state index is -0.452. The lowest BCUT2D eigenvalue weighted by Gasteiger charge is -2.13. The van der Waals surface area contributed by atoms with Gasteiger partial charge >= 0.3 is 0 Å². The summed E-state index contributed by atoms with van der Waals surface area (Å²) in [7, 11) is 0. The normalized spacial score (nSPS) is 14.9. The van der Waals surface area contributed by atoms with Gasteiger partial charge in [0, 0.05) is 0 Å². The van der Waals surface area contributed by atoms with Crippen LogP contribution in [-0.2, 0) is 11.4 Å². The molecule has 10 heteroatoms. The lowest BCUT2D eigenvalue weighted by atomic mass is 10.2. The van der Waals surface area contributed by atoms with Crippen molar-refractivity contribution >= 4 is 89.7 Å². The number of carbonyl (C=O) groups is 2. The highest BCUT2D eigenvalue weighted by Gasteiger charge is 2.36. The lowest BCUT2D eigenvalue weighted by Crippen LogP contribution is -2.27. The highest BCUT2D eigenvalue weighted by Crippen LogP contribution is 2.40. The zero-order chi connectivity index (χ0) is 23.7. The van der Waals surface area contributed by atoms with E-state index in [4.69, 9.17) is 27.9 Å². The van der Waals surface area contributed by atoms with Crippen LogP contribution >= 0.6 is 66.8 Å². The Labute approximate surface area is 220 Å². The molecule has 0 atom stereocenters. The van der Waals surface area contributed by atoms with Crippen LogP contribution in [0.15, 0.2) is 68.4 Å². The van der Waals surface area contributed by atoms with Gasteiger partial charge in [0.25, 0.3) is 11.1 Å². The van der Waals surface area contributed by atoms with Crippen molar-refractivity contribution in [1.29, 1.82) is 0 Å². The third-order valence-electron chi connectivity index (χ3n) is 4.57. The third kappa shape index (κ3) is 5.46. The van der Waals surface area contributed by atoms with Crippen LogP contribution in [0.5, 0.6) is 5.75 Å². The molecule has 1 aliphatic rings. The number of imide groups is 1. The van der Waals surface area contributed by atoms with Gasteiger partial charge in [0.05, 0.1) is 29.6 Å². The van der Waals surface area contributed by atoms with Gasteiger partial charge in [-0.3, -0.25) is 9.59 Å². The van der Waals surface area contributed by atoms with Crippen LogP contribution in [0.4, 0.5) is 14.9 Å². The van der Waals surface area contributed by atoms with E-state index in [-0.39, 0.29) is 22.4 Å². The quantitative estimate of drug-likeness (QED) is 0.265. The van der Waals surface area contributed by atoms with E-state index in [0.717, 1.165) is 22.2 Å². The van der Waals surface area contributed by atoms with Gasteiger partial charge in [0.15, 0.2) is 0 Å². The Morgan fingerprint density at radius 2 is 1.64 bits per heavy atom. The summed E-state index contributed by atoms with van der Waals surface area (Å²) in [5.74, 6) is -0.207. The van der Waals surface area contributed by atoms with Crippen LogP contribution in [0.1, 0.15) is 11.1 Å². The SMILES string of the molecule is O=C1S/C(=C/c2cc(Br)c(OCc3ccc(F)cc3)c(Br)c2)C(=O)N1c1ccc(Cl)c(Cl)c1. The van der Waals surface area contributed by atoms with Crippen molar-refractivity contribution in [2.75, 3.05) is 4.90 Å². The first-order valence-corrected chi connectivity index (χ1v) is 12.5. The van der Waals surface area contributed by atoms with Crippen LogP contribution in [0, 0.1) is 5.82 Å². The van der Waals surface area contributed by atoms with Crippen molar-refractivity contribution in [3.8, 4) is 5.75 Å². The summed E-state index contributed by atoms with van der Waals surface area (Å²) >= 11 is 19.8. The molecule has 0 unspecified atom stereocenters. The van der Waals surface area contributed by atoms with Crippen molar-refractivity contribution in [3.05, 3.63) is 95.4 Å². The van der Waals surface area contributed by atoms with Gasteiger partial charge in [0.1, 0.15) is 18.2 Å². The van der Waals surface area contributed by atoms with Gasteiger partial charge in [0.2, 0.25) is 0 Å². The number of hydrogen-bond donors (Lipinski definition) is 0. The molecule has 0 radical (unpaired) electrons. The fourth-order valence-corrected chi connectivity index (χ4v) is 5.59. The molecule has 0 aliphatic carbocycles. The molecule has 0 spiro atoms. The number of thioether (sulfide) groups is 1. The number of amides is 2. The number of ether oxygens (including phenoxy) is 1. The van der Waals surface area contributed by atoms with Crippen LogP contribution in [0.25, 0.3) is 6.08 Å². The minimum Gasteiger partial charge on any atom is -0.487 e. The summed E-state index contributed by atoms with van der Waals surface area (Å²) in [6.07, 6.45) is 1.63. The zero-order valence-electron chi connectivity index (χ0n) is 16.5. The Morgan fingerprint density at radius 1 is 0.970 bits per heavy atom. The predicted molar refractivity (Wildman–Crippen MR) is 137 cm³/mol. The van der Waals surface area contributed by atoms with E-state index in [9.17, 15) is 14.0 Å². The molecule has 33 heavy (non-hydrogen) atoms. The number of hydrogen-bond acceptors (Lipinski definition) is 4. The average Bonchev–Trinajstić information content (AvgIpc) is 3.03. The Balaban J connectivity index is 1.55. The third-order valence-corrected chi connectivity index (χ3v) is 7.36. The average molecular weight is 632 g/mol. The second-order valence-corrected chi connectivity index (χ2v) is 10.4.